The van der Waals surface area contributed by atoms with Crippen molar-refractivity contribution in [2.45, 2.75) is 63.7 Å². The number of carboxylic acid groups (broad SMARTS) is 2. The van der Waals surface area contributed by atoms with E-state index < -0.39 is 66.2 Å². The normalized spacial score (nSPS) is 14.6. The summed E-state index contributed by atoms with van der Waals surface area (Å²) in [4.78, 5) is 60.2. The quantitative estimate of drug-likeness (QED) is 0.154. The fourth-order valence-electron chi connectivity index (χ4n) is 2.73. The average Bonchev–Trinajstić information content (AvgIpc) is 2.74. The molecule has 0 aromatic rings. The van der Waals surface area contributed by atoms with Crippen LogP contribution in [-0.4, -0.2) is 88.1 Å². The van der Waals surface area contributed by atoms with Crippen molar-refractivity contribution in [2.24, 2.45) is 11.7 Å². The minimum absolute atomic E-state index is 0.296. The summed E-state index contributed by atoms with van der Waals surface area (Å²) >= 11 is 3.04. The summed E-state index contributed by atoms with van der Waals surface area (Å²) in [6.07, 6.45) is 3.79. The maximum absolute atomic E-state index is 12.9. The van der Waals surface area contributed by atoms with Crippen LogP contribution in [0.25, 0.3) is 0 Å². The second-order valence-corrected chi connectivity index (χ2v) is 9.76. The first-order valence-electron chi connectivity index (χ1n) is 10.5. The molecule has 33 heavy (non-hydrogen) atoms. The number of hydrogen-bond acceptors (Lipinski definition) is 8. The molecule has 0 aromatic heterocycles. The number of carboxylic acids is 2. The van der Waals surface area contributed by atoms with Gasteiger partial charge >= 0.3 is 11.9 Å². The highest BCUT2D eigenvalue weighted by Crippen LogP contribution is 2.08. The molecule has 7 N–H and O–H groups in total. The molecule has 0 saturated heterocycles. The summed E-state index contributed by atoms with van der Waals surface area (Å²) in [5.74, 6) is -3.48. The van der Waals surface area contributed by atoms with Gasteiger partial charge in [0, 0.05) is 6.42 Å². The average molecular weight is 509 g/mol. The van der Waals surface area contributed by atoms with Crippen LogP contribution in [-0.2, 0) is 24.0 Å². The first-order valence-corrected chi connectivity index (χ1v) is 13.3. The van der Waals surface area contributed by atoms with Gasteiger partial charge in [0.1, 0.15) is 18.1 Å². The lowest BCUT2D eigenvalue weighted by atomic mass is 10.0. The predicted octanol–water partition coefficient (Wildman–Crippen LogP) is -0.120. The van der Waals surface area contributed by atoms with Crippen LogP contribution in [0.3, 0.4) is 0 Å². The number of carbonyl (C=O) groups is 5. The minimum atomic E-state index is -1.41. The van der Waals surface area contributed by atoms with Gasteiger partial charge in [-0.15, -0.1) is 0 Å². The van der Waals surface area contributed by atoms with Gasteiger partial charge < -0.3 is 31.9 Å². The molecule has 0 rings (SSSR count). The summed E-state index contributed by atoms with van der Waals surface area (Å²) in [5, 5.41) is 25.6. The molecule has 0 fully saturated rings. The van der Waals surface area contributed by atoms with Gasteiger partial charge in [-0.1, -0.05) is 13.8 Å². The Kier molecular flexibility index (Phi) is 15.6. The predicted molar refractivity (Wildman–Crippen MR) is 129 cm³/mol. The lowest BCUT2D eigenvalue weighted by Gasteiger charge is -2.27. The highest BCUT2D eigenvalue weighted by molar-refractivity contribution is 7.98. The van der Waals surface area contributed by atoms with E-state index in [1.165, 1.54) is 11.8 Å². The third kappa shape index (κ3) is 12.7. The minimum Gasteiger partial charge on any atom is -0.481 e. The summed E-state index contributed by atoms with van der Waals surface area (Å²) in [6.45, 7) is 3.34. The van der Waals surface area contributed by atoms with Crippen molar-refractivity contribution >= 4 is 53.2 Å². The molecule has 190 valence electrons. The van der Waals surface area contributed by atoms with Gasteiger partial charge in [0.05, 0.1) is 6.04 Å². The van der Waals surface area contributed by atoms with Crippen molar-refractivity contribution < 1.29 is 34.2 Å². The number of rotatable bonds is 17. The summed E-state index contributed by atoms with van der Waals surface area (Å²) in [6, 6.07) is -4.17. The van der Waals surface area contributed by atoms with Crippen LogP contribution < -0.4 is 21.7 Å². The Hall–Kier alpha value is -1.99. The van der Waals surface area contributed by atoms with Crippen LogP contribution in [0.4, 0.5) is 0 Å². The Labute approximate surface area is 202 Å². The molecule has 0 bridgehead atoms. The zero-order valence-electron chi connectivity index (χ0n) is 19.5. The zero-order valence-corrected chi connectivity index (χ0v) is 21.1. The van der Waals surface area contributed by atoms with E-state index in [-0.39, 0.29) is 6.42 Å². The van der Waals surface area contributed by atoms with E-state index in [9.17, 15) is 29.1 Å². The Bertz CT molecular complexity index is 679. The number of carbonyl (C=O) groups excluding carboxylic acids is 3. The van der Waals surface area contributed by atoms with E-state index in [2.05, 4.69) is 16.0 Å². The third-order valence-corrected chi connectivity index (χ3v) is 6.01. The Morgan fingerprint density at radius 2 is 1.33 bits per heavy atom. The summed E-state index contributed by atoms with van der Waals surface area (Å²) < 4.78 is 0. The third-order valence-electron chi connectivity index (χ3n) is 4.72. The summed E-state index contributed by atoms with van der Waals surface area (Å²) in [7, 11) is 0. The lowest BCUT2D eigenvalue weighted by Crippen LogP contribution is -2.58. The molecule has 11 nitrogen and oxygen atoms in total. The highest BCUT2D eigenvalue weighted by atomic mass is 32.2. The van der Waals surface area contributed by atoms with Crippen molar-refractivity contribution in [3.05, 3.63) is 0 Å². The van der Waals surface area contributed by atoms with Crippen molar-refractivity contribution in [1.29, 1.82) is 0 Å². The molecule has 4 unspecified atom stereocenters. The number of nitrogens with two attached hydrogens (primary N) is 1. The van der Waals surface area contributed by atoms with Gasteiger partial charge in [0.15, 0.2) is 0 Å². The number of thioether (sulfide) groups is 2. The van der Waals surface area contributed by atoms with Crippen LogP contribution in [0.1, 0.15) is 39.5 Å². The molecule has 0 saturated carbocycles. The van der Waals surface area contributed by atoms with E-state index in [1.54, 1.807) is 25.6 Å². The van der Waals surface area contributed by atoms with Gasteiger partial charge in [-0.25, -0.2) is 4.79 Å². The van der Waals surface area contributed by atoms with Crippen LogP contribution in [0, 0.1) is 5.92 Å². The van der Waals surface area contributed by atoms with Gasteiger partial charge in [-0.2, -0.15) is 23.5 Å². The molecular weight excluding hydrogens is 472 g/mol. The van der Waals surface area contributed by atoms with Gasteiger partial charge in [0.2, 0.25) is 17.7 Å². The topological polar surface area (TPSA) is 188 Å². The molecule has 0 spiro atoms. The Morgan fingerprint density at radius 3 is 1.82 bits per heavy atom. The highest BCUT2D eigenvalue weighted by Gasteiger charge is 2.31. The van der Waals surface area contributed by atoms with Crippen molar-refractivity contribution in [1.82, 2.24) is 16.0 Å². The first kappa shape index (κ1) is 31.0. The van der Waals surface area contributed by atoms with E-state index in [4.69, 9.17) is 10.8 Å². The molecule has 0 aliphatic carbocycles. The lowest BCUT2D eigenvalue weighted by molar-refractivity contribution is -0.143. The number of nitrogens with one attached hydrogen (secondary N) is 3. The van der Waals surface area contributed by atoms with E-state index >= 15 is 0 Å². The molecular formula is C20H36N4O7S2. The Balaban J connectivity index is 5.33. The number of amides is 3. The second kappa shape index (κ2) is 16.6. The van der Waals surface area contributed by atoms with Crippen LogP contribution in [0.2, 0.25) is 0 Å². The first-order chi connectivity index (χ1) is 15.4. The van der Waals surface area contributed by atoms with Crippen molar-refractivity contribution in [2.75, 3.05) is 24.0 Å². The fourth-order valence-corrected chi connectivity index (χ4v) is 3.70. The van der Waals surface area contributed by atoms with Crippen LogP contribution >= 0.6 is 23.5 Å². The summed E-state index contributed by atoms with van der Waals surface area (Å²) in [5.41, 5.74) is 5.89. The largest absolute Gasteiger partial charge is 0.481 e. The molecule has 3 amide bonds. The van der Waals surface area contributed by atoms with Crippen molar-refractivity contribution in [3.63, 3.8) is 0 Å². The monoisotopic (exact) mass is 508 g/mol. The molecule has 13 heteroatoms. The van der Waals surface area contributed by atoms with Crippen LogP contribution in [0.15, 0.2) is 0 Å². The van der Waals surface area contributed by atoms with Crippen LogP contribution in [0.5, 0.6) is 0 Å². The zero-order chi connectivity index (χ0) is 25.6. The number of aliphatic carboxylic acids is 2. The maximum Gasteiger partial charge on any atom is 0.326 e. The standard InChI is InChI=1S/C20H36N4O7S2/c1-11(2)16(19(29)23-14(20(30)31)5-6-15(25)26)24-18(28)13(8-10-33-4)22-17(27)12(21)7-9-32-3/h11-14,16H,5-10,21H2,1-4H3,(H,22,27)(H,23,29)(H,24,28)(H,25,26)(H,30,31). The molecule has 0 aromatic carbocycles. The maximum atomic E-state index is 12.9. The number of hydrogen-bond donors (Lipinski definition) is 6. The smallest absolute Gasteiger partial charge is 0.326 e. The van der Waals surface area contributed by atoms with E-state index in [1.807, 2.05) is 12.5 Å². The molecule has 0 aliphatic rings. The molecule has 4 atom stereocenters. The van der Waals surface area contributed by atoms with E-state index in [0.29, 0.717) is 24.3 Å². The molecule has 0 heterocycles. The molecule has 0 aliphatic heterocycles. The van der Waals surface area contributed by atoms with Gasteiger partial charge in [0.25, 0.3) is 0 Å². The second-order valence-electron chi connectivity index (χ2n) is 7.79. The van der Waals surface area contributed by atoms with Crippen molar-refractivity contribution in [3.8, 4) is 0 Å². The Morgan fingerprint density at radius 1 is 0.788 bits per heavy atom. The van der Waals surface area contributed by atoms with Gasteiger partial charge in [-0.05, 0) is 49.2 Å². The SMILES string of the molecule is CSCCC(N)C(=O)NC(CCSC)C(=O)NC(C(=O)NC(CCC(=O)O)C(=O)O)C(C)C. The van der Waals surface area contributed by atoms with Gasteiger partial charge in [-0.3, -0.25) is 19.2 Å². The fraction of sp³-hybridized carbons (Fsp3) is 0.750. The molecule has 0 radical (unpaired) electrons. The van der Waals surface area contributed by atoms with E-state index in [0.717, 1.165) is 0 Å².